The predicted octanol–water partition coefficient (Wildman–Crippen LogP) is 0.814. The minimum atomic E-state index is -0.359. The third-order valence-corrected chi connectivity index (χ3v) is 4.82. The van der Waals surface area contributed by atoms with Gasteiger partial charge in [0.1, 0.15) is 0 Å². The zero-order valence-corrected chi connectivity index (χ0v) is 12.9. The molecule has 0 radical (unpaired) electrons. The quantitative estimate of drug-likeness (QED) is 0.701. The van der Waals surface area contributed by atoms with Crippen molar-refractivity contribution in [2.75, 3.05) is 20.1 Å². The third kappa shape index (κ3) is 4.68. The van der Waals surface area contributed by atoms with Gasteiger partial charge in [-0.15, -0.1) is 0 Å². The van der Waals surface area contributed by atoms with Crippen LogP contribution in [0.25, 0.3) is 0 Å². The van der Waals surface area contributed by atoms with Crippen LogP contribution in [0, 0.1) is 5.92 Å². The lowest BCUT2D eigenvalue weighted by Gasteiger charge is -2.28. The van der Waals surface area contributed by atoms with Crippen molar-refractivity contribution < 1.29 is 9.59 Å². The van der Waals surface area contributed by atoms with E-state index in [9.17, 15) is 9.59 Å². The summed E-state index contributed by atoms with van der Waals surface area (Å²) in [5.74, 6) is 0.228. The van der Waals surface area contributed by atoms with Gasteiger partial charge in [-0.1, -0.05) is 19.3 Å². The minimum absolute atomic E-state index is 0.229. The molecule has 0 aromatic carbocycles. The number of nitrogens with zero attached hydrogens (tertiary/aromatic N) is 1. The summed E-state index contributed by atoms with van der Waals surface area (Å²) in [5.41, 5.74) is 5.77. The molecule has 0 aliphatic heterocycles. The van der Waals surface area contributed by atoms with Gasteiger partial charge in [-0.05, 0) is 45.2 Å². The van der Waals surface area contributed by atoms with E-state index in [1.54, 1.807) is 0 Å². The summed E-state index contributed by atoms with van der Waals surface area (Å²) in [7, 11) is 1.94. The molecule has 21 heavy (non-hydrogen) atoms. The molecule has 0 aromatic rings. The van der Waals surface area contributed by atoms with Crippen molar-refractivity contribution in [1.82, 2.24) is 15.5 Å². The molecule has 2 saturated carbocycles. The van der Waals surface area contributed by atoms with Crippen LogP contribution in [0.1, 0.15) is 44.9 Å². The lowest BCUT2D eigenvalue weighted by Crippen LogP contribution is -2.48. The van der Waals surface area contributed by atoms with E-state index in [0.29, 0.717) is 18.5 Å². The summed E-state index contributed by atoms with van der Waals surface area (Å²) >= 11 is 0. The van der Waals surface area contributed by atoms with Crippen molar-refractivity contribution in [1.29, 1.82) is 0 Å². The molecule has 2 atom stereocenters. The van der Waals surface area contributed by atoms with Gasteiger partial charge in [0.05, 0.1) is 6.54 Å². The highest BCUT2D eigenvalue weighted by Crippen LogP contribution is 2.28. The van der Waals surface area contributed by atoms with Crippen LogP contribution in [-0.4, -0.2) is 49.1 Å². The molecule has 120 valence electrons. The van der Waals surface area contributed by atoms with Crippen molar-refractivity contribution in [2.24, 2.45) is 11.7 Å². The Kier molecular flexibility index (Phi) is 5.99. The van der Waals surface area contributed by atoms with E-state index in [-0.39, 0.29) is 24.5 Å². The Balaban J connectivity index is 1.71. The van der Waals surface area contributed by atoms with Crippen LogP contribution in [0.5, 0.6) is 0 Å². The first kappa shape index (κ1) is 16.2. The number of imide groups is 1. The monoisotopic (exact) mass is 296 g/mol. The Morgan fingerprint density at radius 1 is 1.14 bits per heavy atom. The van der Waals surface area contributed by atoms with E-state index < -0.39 is 0 Å². The van der Waals surface area contributed by atoms with Crippen LogP contribution in [0.4, 0.5) is 4.79 Å². The third-order valence-electron chi connectivity index (χ3n) is 4.82. The average molecular weight is 296 g/mol. The lowest BCUT2D eigenvalue weighted by molar-refractivity contribution is -0.121. The van der Waals surface area contributed by atoms with Gasteiger partial charge in [0.2, 0.25) is 5.91 Å². The van der Waals surface area contributed by atoms with E-state index in [2.05, 4.69) is 10.6 Å². The van der Waals surface area contributed by atoms with Crippen LogP contribution in [0.15, 0.2) is 0 Å². The first-order chi connectivity index (χ1) is 10.1. The van der Waals surface area contributed by atoms with Crippen molar-refractivity contribution in [3.05, 3.63) is 0 Å². The van der Waals surface area contributed by atoms with Gasteiger partial charge in [0.15, 0.2) is 0 Å². The number of hydrogen-bond acceptors (Lipinski definition) is 4. The number of amides is 3. The number of hydrogen-bond donors (Lipinski definition) is 3. The molecule has 2 fully saturated rings. The fraction of sp³-hybridized carbons (Fsp3) is 0.867. The second-order valence-corrected chi connectivity index (χ2v) is 6.41. The van der Waals surface area contributed by atoms with Gasteiger partial charge in [-0.25, -0.2) is 4.79 Å². The van der Waals surface area contributed by atoms with Crippen molar-refractivity contribution in [3.63, 3.8) is 0 Å². The highest BCUT2D eigenvalue weighted by Gasteiger charge is 2.30. The molecule has 2 unspecified atom stereocenters. The highest BCUT2D eigenvalue weighted by atomic mass is 16.2. The van der Waals surface area contributed by atoms with Gasteiger partial charge in [-0.2, -0.15) is 0 Å². The molecule has 3 amide bonds. The number of carbonyl (C=O) groups excluding carboxylic acids is 2. The Bertz CT molecular complexity index is 369. The summed E-state index contributed by atoms with van der Waals surface area (Å²) in [6, 6.07) is 0.229. The standard InChI is InChI=1S/C15H28N4O2/c1-19(13-8-4-5-11(13)9-16)10-14(20)18-15(21)17-12-6-2-3-7-12/h11-13H,2-10,16H2,1H3,(H2,17,18,20,21). The fourth-order valence-corrected chi connectivity index (χ4v) is 3.67. The summed E-state index contributed by atoms with van der Waals surface area (Å²) in [6.45, 7) is 0.915. The normalized spacial score (nSPS) is 26.2. The summed E-state index contributed by atoms with van der Waals surface area (Å²) in [6.07, 6.45) is 7.73. The molecule has 2 rings (SSSR count). The first-order valence-corrected chi connectivity index (χ1v) is 8.10. The number of likely N-dealkylation sites (N-methyl/N-ethyl adjacent to an activating group) is 1. The maximum absolute atomic E-state index is 11.9. The molecule has 0 saturated heterocycles. The number of urea groups is 1. The SMILES string of the molecule is CN(CC(=O)NC(=O)NC1CCCC1)C1CCCC1CN. The highest BCUT2D eigenvalue weighted by molar-refractivity contribution is 5.95. The average Bonchev–Trinajstić information content (AvgIpc) is 3.07. The molecule has 0 heterocycles. The van der Waals surface area contributed by atoms with Crippen molar-refractivity contribution in [2.45, 2.75) is 57.0 Å². The van der Waals surface area contributed by atoms with E-state index >= 15 is 0 Å². The van der Waals surface area contributed by atoms with Gasteiger partial charge in [-0.3, -0.25) is 15.0 Å². The van der Waals surface area contributed by atoms with Crippen LogP contribution in [-0.2, 0) is 4.79 Å². The molecule has 2 aliphatic carbocycles. The van der Waals surface area contributed by atoms with E-state index in [0.717, 1.165) is 38.5 Å². The Morgan fingerprint density at radius 2 is 1.86 bits per heavy atom. The molecular formula is C15H28N4O2. The van der Waals surface area contributed by atoms with Gasteiger partial charge >= 0.3 is 6.03 Å². The second kappa shape index (κ2) is 7.75. The smallest absolute Gasteiger partial charge is 0.321 e. The first-order valence-electron chi connectivity index (χ1n) is 8.10. The van der Waals surface area contributed by atoms with Gasteiger partial charge in [0.25, 0.3) is 0 Å². The Hall–Kier alpha value is -1.14. The van der Waals surface area contributed by atoms with E-state index in [4.69, 9.17) is 5.73 Å². The van der Waals surface area contributed by atoms with E-state index in [1.807, 2.05) is 11.9 Å². The summed E-state index contributed by atoms with van der Waals surface area (Å²) < 4.78 is 0. The predicted molar refractivity (Wildman–Crippen MR) is 81.7 cm³/mol. The Morgan fingerprint density at radius 3 is 2.52 bits per heavy atom. The molecule has 4 N–H and O–H groups in total. The topological polar surface area (TPSA) is 87.5 Å². The fourth-order valence-electron chi connectivity index (χ4n) is 3.67. The molecule has 0 spiro atoms. The number of carbonyl (C=O) groups is 2. The number of nitrogens with one attached hydrogen (secondary N) is 2. The maximum Gasteiger partial charge on any atom is 0.321 e. The number of rotatable bonds is 5. The van der Waals surface area contributed by atoms with Gasteiger partial charge in [0, 0.05) is 12.1 Å². The molecule has 0 aromatic heterocycles. The maximum atomic E-state index is 11.9. The van der Waals surface area contributed by atoms with Crippen molar-refractivity contribution in [3.8, 4) is 0 Å². The van der Waals surface area contributed by atoms with Crippen molar-refractivity contribution >= 4 is 11.9 Å². The van der Waals surface area contributed by atoms with Crippen LogP contribution in [0.2, 0.25) is 0 Å². The van der Waals surface area contributed by atoms with Crippen LogP contribution < -0.4 is 16.4 Å². The molecule has 6 nitrogen and oxygen atoms in total. The van der Waals surface area contributed by atoms with Crippen LogP contribution in [0.3, 0.4) is 0 Å². The Labute approximate surface area is 126 Å². The molecule has 2 aliphatic rings. The largest absolute Gasteiger partial charge is 0.335 e. The zero-order valence-electron chi connectivity index (χ0n) is 12.9. The zero-order chi connectivity index (χ0) is 15.2. The molecule has 0 bridgehead atoms. The summed E-state index contributed by atoms with van der Waals surface area (Å²) in [4.78, 5) is 25.7. The minimum Gasteiger partial charge on any atom is -0.335 e. The van der Waals surface area contributed by atoms with E-state index in [1.165, 1.54) is 6.42 Å². The lowest BCUT2D eigenvalue weighted by atomic mass is 10.0. The summed E-state index contributed by atoms with van der Waals surface area (Å²) in [5, 5.41) is 5.30. The number of nitrogens with two attached hydrogens (primary N) is 1. The molecular weight excluding hydrogens is 268 g/mol. The van der Waals surface area contributed by atoms with Crippen LogP contribution >= 0.6 is 0 Å². The van der Waals surface area contributed by atoms with Gasteiger partial charge < -0.3 is 11.1 Å². The molecule has 6 heteroatoms. The second-order valence-electron chi connectivity index (χ2n) is 6.41.